The minimum atomic E-state index is -0.284. The van der Waals surface area contributed by atoms with Gasteiger partial charge in [0.1, 0.15) is 0 Å². The first-order valence-electron chi connectivity index (χ1n) is 10.6. The van der Waals surface area contributed by atoms with Crippen molar-refractivity contribution >= 4 is 17.2 Å². The molecule has 0 bridgehead atoms. The van der Waals surface area contributed by atoms with Gasteiger partial charge in [0, 0.05) is 67.3 Å². The molecule has 1 aliphatic carbocycles. The zero-order valence-electron chi connectivity index (χ0n) is 16.9. The number of carbonyl (C=O) groups is 1. The van der Waals surface area contributed by atoms with Crippen molar-refractivity contribution in [1.29, 1.82) is 0 Å². The van der Waals surface area contributed by atoms with Gasteiger partial charge in [-0.3, -0.25) is 14.4 Å². The van der Waals surface area contributed by atoms with Gasteiger partial charge in [0.2, 0.25) is 5.91 Å². The Hall–Kier alpha value is -1.66. The van der Waals surface area contributed by atoms with Crippen molar-refractivity contribution in [2.24, 2.45) is 18.4 Å². The number of thiophene rings is 1. The first-order valence-corrected chi connectivity index (χ1v) is 11.4. The van der Waals surface area contributed by atoms with Crippen molar-refractivity contribution in [2.75, 3.05) is 26.2 Å². The van der Waals surface area contributed by atoms with E-state index in [2.05, 4.69) is 40.0 Å². The van der Waals surface area contributed by atoms with Crippen LogP contribution in [0.25, 0.3) is 0 Å². The van der Waals surface area contributed by atoms with Gasteiger partial charge in [0.15, 0.2) is 0 Å². The third kappa shape index (κ3) is 3.20. The lowest BCUT2D eigenvalue weighted by Gasteiger charge is -2.42. The van der Waals surface area contributed by atoms with Crippen molar-refractivity contribution in [3.05, 3.63) is 39.8 Å². The van der Waals surface area contributed by atoms with Gasteiger partial charge in [-0.25, -0.2) is 0 Å². The highest BCUT2D eigenvalue weighted by Gasteiger charge is 2.56. The van der Waals surface area contributed by atoms with E-state index in [0.717, 1.165) is 51.5 Å². The van der Waals surface area contributed by atoms with E-state index in [-0.39, 0.29) is 11.3 Å². The molecule has 150 valence electrons. The number of carbonyl (C=O) groups excluding carboxylic acids is 1. The Bertz CT molecular complexity index is 870. The maximum Gasteiger partial charge on any atom is 0.230 e. The molecule has 4 heterocycles. The molecule has 3 aliphatic rings. The lowest BCUT2D eigenvalue weighted by molar-refractivity contribution is -0.147. The van der Waals surface area contributed by atoms with Crippen LogP contribution in [0.15, 0.2) is 24.4 Å². The highest BCUT2D eigenvalue weighted by atomic mass is 32.1. The summed E-state index contributed by atoms with van der Waals surface area (Å²) in [5, 5.41) is 4.43. The van der Waals surface area contributed by atoms with Crippen LogP contribution in [0.4, 0.5) is 0 Å². The first-order chi connectivity index (χ1) is 13.5. The van der Waals surface area contributed by atoms with Crippen molar-refractivity contribution in [2.45, 2.75) is 45.1 Å². The van der Waals surface area contributed by atoms with Gasteiger partial charge in [0.25, 0.3) is 0 Å². The molecule has 2 saturated heterocycles. The van der Waals surface area contributed by atoms with Gasteiger partial charge in [0.05, 0.1) is 5.41 Å². The molecule has 0 aromatic carbocycles. The standard InChI is InChI=1S/C22H30N4OS/c1-16-4-7-18(28-16)13-25-14-19(20-8-10-23-24(20)2)22(15-25)9-3-11-26(21(22)27)12-17-5-6-17/h4,7-8,10,17,19H,3,5-6,9,11-15H2,1-2H3/t19-,22+/m1/s1. The zero-order valence-corrected chi connectivity index (χ0v) is 17.7. The second-order valence-electron chi connectivity index (χ2n) is 9.07. The number of hydrogen-bond donors (Lipinski definition) is 0. The maximum absolute atomic E-state index is 13.8. The van der Waals surface area contributed by atoms with Crippen molar-refractivity contribution in [1.82, 2.24) is 19.6 Å². The molecule has 6 heteroatoms. The normalized spacial score (nSPS) is 28.6. The molecule has 0 unspecified atom stereocenters. The van der Waals surface area contributed by atoms with Gasteiger partial charge in [-0.15, -0.1) is 11.3 Å². The Morgan fingerprint density at radius 1 is 1.29 bits per heavy atom. The molecule has 1 saturated carbocycles. The number of likely N-dealkylation sites (tertiary alicyclic amines) is 2. The molecule has 3 fully saturated rings. The molecule has 1 amide bonds. The fraction of sp³-hybridized carbons (Fsp3) is 0.636. The fourth-order valence-corrected chi connectivity index (χ4v) is 6.32. The van der Waals surface area contributed by atoms with E-state index < -0.39 is 0 Å². The predicted octanol–water partition coefficient (Wildman–Crippen LogP) is 3.41. The molecule has 1 spiro atoms. The Morgan fingerprint density at radius 2 is 2.14 bits per heavy atom. The second kappa shape index (κ2) is 6.99. The SMILES string of the molecule is Cc1ccc(CN2C[C@H](c3ccnn3C)[C@]3(CCCN(CC4CC4)C3=O)C2)s1. The minimum Gasteiger partial charge on any atom is -0.342 e. The van der Waals surface area contributed by atoms with Crippen LogP contribution in [0.2, 0.25) is 0 Å². The summed E-state index contributed by atoms with van der Waals surface area (Å²) in [4.78, 5) is 21.3. The molecule has 2 aliphatic heterocycles. The summed E-state index contributed by atoms with van der Waals surface area (Å²) in [5.41, 5.74) is 0.930. The molecule has 0 N–H and O–H groups in total. The van der Waals surface area contributed by atoms with Crippen LogP contribution in [0, 0.1) is 18.3 Å². The van der Waals surface area contributed by atoms with Gasteiger partial charge >= 0.3 is 0 Å². The molecule has 2 aromatic heterocycles. The van der Waals surface area contributed by atoms with Crippen LogP contribution >= 0.6 is 11.3 Å². The Balaban J connectivity index is 1.45. The van der Waals surface area contributed by atoms with Crippen LogP contribution in [0.3, 0.4) is 0 Å². The Labute approximate surface area is 171 Å². The first kappa shape index (κ1) is 18.4. The van der Waals surface area contributed by atoms with Crippen molar-refractivity contribution in [3.63, 3.8) is 0 Å². The summed E-state index contributed by atoms with van der Waals surface area (Å²) < 4.78 is 1.98. The van der Waals surface area contributed by atoms with E-state index in [4.69, 9.17) is 0 Å². The van der Waals surface area contributed by atoms with Crippen LogP contribution in [0.1, 0.15) is 47.0 Å². The second-order valence-corrected chi connectivity index (χ2v) is 10.4. The lowest BCUT2D eigenvalue weighted by atomic mass is 9.70. The number of hydrogen-bond acceptors (Lipinski definition) is 4. The summed E-state index contributed by atoms with van der Waals surface area (Å²) in [6.07, 6.45) is 6.60. The summed E-state index contributed by atoms with van der Waals surface area (Å²) in [6.45, 7) is 6.85. The van der Waals surface area contributed by atoms with E-state index in [1.165, 1.54) is 28.3 Å². The van der Waals surface area contributed by atoms with E-state index in [0.29, 0.717) is 5.91 Å². The van der Waals surface area contributed by atoms with Crippen LogP contribution in [0.5, 0.6) is 0 Å². The molecule has 0 radical (unpaired) electrons. The monoisotopic (exact) mass is 398 g/mol. The summed E-state index contributed by atoms with van der Waals surface area (Å²) in [5.74, 6) is 1.39. The van der Waals surface area contributed by atoms with Crippen LogP contribution in [-0.2, 0) is 18.4 Å². The topological polar surface area (TPSA) is 41.4 Å². The fourth-order valence-electron chi connectivity index (χ4n) is 5.39. The summed E-state index contributed by atoms with van der Waals surface area (Å²) in [6, 6.07) is 6.57. The zero-order chi connectivity index (χ0) is 19.3. The molecule has 28 heavy (non-hydrogen) atoms. The third-order valence-electron chi connectivity index (χ3n) is 6.94. The predicted molar refractivity (Wildman–Crippen MR) is 111 cm³/mol. The van der Waals surface area contributed by atoms with E-state index in [9.17, 15) is 4.79 Å². The maximum atomic E-state index is 13.8. The van der Waals surface area contributed by atoms with Crippen molar-refractivity contribution < 1.29 is 4.79 Å². The van der Waals surface area contributed by atoms with E-state index in [1.807, 2.05) is 29.3 Å². The third-order valence-corrected chi connectivity index (χ3v) is 7.93. The van der Waals surface area contributed by atoms with Crippen LogP contribution < -0.4 is 0 Å². The smallest absolute Gasteiger partial charge is 0.230 e. The molecular weight excluding hydrogens is 368 g/mol. The largest absolute Gasteiger partial charge is 0.342 e. The van der Waals surface area contributed by atoms with Gasteiger partial charge in [-0.05, 0) is 56.7 Å². The number of piperidine rings is 1. The van der Waals surface area contributed by atoms with E-state index >= 15 is 0 Å². The van der Waals surface area contributed by atoms with Crippen LogP contribution in [-0.4, -0.2) is 51.7 Å². The Morgan fingerprint density at radius 3 is 2.82 bits per heavy atom. The number of amides is 1. The molecule has 2 atom stereocenters. The Kier molecular flexibility index (Phi) is 4.59. The average molecular weight is 399 g/mol. The van der Waals surface area contributed by atoms with E-state index in [1.54, 1.807) is 0 Å². The molecular formula is C22H30N4OS. The quantitative estimate of drug-likeness (QED) is 0.775. The molecule has 5 nitrogen and oxygen atoms in total. The highest BCUT2D eigenvalue weighted by molar-refractivity contribution is 7.11. The summed E-state index contributed by atoms with van der Waals surface area (Å²) >= 11 is 1.87. The number of nitrogens with zero attached hydrogens (tertiary/aromatic N) is 4. The number of aryl methyl sites for hydroxylation is 2. The highest BCUT2D eigenvalue weighted by Crippen LogP contribution is 2.50. The summed E-state index contributed by atoms with van der Waals surface area (Å²) in [7, 11) is 2.02. The van der Waals surface area contributed by atoms with Gasteiger partial charge < -0.3 is 4.90 Å². The van der Waals surface area contributed by atoms with Crippen molar-refractivity contribution in [3.8, 4) is 0 Å². The number of aromatic nitrogens is 2. The molecule has 5 rings (SSSR count). The number of rotatable bonds is 5. The lowest BCUT2D eigenvalue weighted by Crippen LogP contribution is -2.52. The minimum absolute atomic E-state index is 0.232. The average Bonchev–Trinajstić information content (AvgIpc) is 3.05. The van der Waals surface area contributed by atoms with Gasteiger partial charge in [-0.2, -0.15) is 5.10 Å². The molecule has 2 aromatic rings. The van der Waals surface area contributed by atoms with Gasteiger partial charge in [-0.1, -0.05) is 0 Å².